The number of rotatable bonds is 4. The van der Waals surface area contributed by atoms with Crippen LogP contribution in [-0.2, 0) is 9.59 Å². The summed E-state index contributed by atoms with van der Waals surface area (Å²) in [6, 6.07) is 0. The van der Waals surface area contributed by atoms with Crippen LogP contribution in [0.3, 0.4) is 0 Å². The highest BCUT2D eigenvalue weighted by atomic mass is 19.2. The Balaban J connectivity index is 3.16. The predicted molar refractivity (Wildman–Crippen MR) is 62.4 cm³/mol. The Morgan fingerprint density at radius 1 is 1.00 bits per heavy atom. The van der Waals surface area contributed by atoms with Crippen molar-refractivity contribution in [2.45, 2.75) is 6.92 Å². The van der Waals surface area contributed by atoms with Crippen LogP contribution >= 0.6 is 0 Å². The Bertz CT molecular complexity index is 680. The molecule has 118 valence electrons. The van der Waals surface area contributed by atoms with Crippen molar-refractivity contribution < 1.29 is 41.4 Å². The Labute approximate surface area is 120 Å². The van der Waals surface area contributed by atoms with Crippen molar-refractivity contribution in [2.75, 3.05) is 0 Å². The van der Waals surface area contributed by atoms with Crippen molar-refractivity contribution in [3.8, 4) is 5.75 Å². The number of carbonyl (C=O) groups excluding carboxylic acids is 1. The summed E-state index contributed by atoms with van der Waals surface area (Å²) in [4.78, 5) is 22.0. The topological polar surface area (TPSA) is 63.6 Å². The zero-order valence-electron chi connectivity index (χ0n) is 10.8. The maximum atomic E-state index is 13.3. The van der Waals surface area contributed by atoms with Gasteiger partial charge in [-0.25, -0.2) is 22.8 Å². The van der Waals surface area contributed by atoms with Gasteiger partial charge < -0.3 is 9.84 Å². The number of halogens is 5. The molecule has 0 atom stereocenters. The molecule has 22 heavy (non-hydrogen) atoms. The summed E-state index contributed by atoms with van der Waals surface area (Å²) in [5.41, 5.74) is -1.02. The third-order valence-electron chi connectivity index (χ3n) is 2.35. The molecule has 0 aromatic heterocycles. The molecule has 0 aliphatic rings. The van der Waals surface area contributed by atoms with Gasteiger partial charge >= 0.3 is 11.9 Å². The summed E-state index contributed by atoms with van der Waals surface area (Å²) >= 11 is 0. The zero-order chi connectivity index (χ0) is 17.2. The molecule has 0 saturated heterocycles. The maximum Gasteiger partial charge on any atom is 0.343 e. The fraction of sp³-hybridized carbons (Fsp3) is 0.0769. The van der Waals surface area contributed by atoms with Gasteiger partial charge in [0.1, 0.15) is 0 Å². The van der Waals surface area contributed by atoms with Gasteiger partial charge in [0.2, 0.25) is 34.8 Å². The van der Waals surface area contributed by atoms with E-state index < -0.39 is 52.3 Å². The van der Waals surface area contributed by atoms with E-state index in [0.717, 1.165) is 6.92 Å². The molecule has 0 spiro atoms. The van der Waals surface area contributed by atoms with E-state index in [1.54, 1.807) is 0 Å². The highest BCUT2D eigenvalue weighted by Crippen LogP contribution is 2.29. The molecule has 1 aromatic carbocycles. The number of benzene rings is 1. The van der Waals surface area contributed by atoms with Crippen LogP contribution in [0.4, 0.5) is 22.0 Å². The highest BCUT2D eigenvalue weighted by Gasteiger charge is 2.28. The summed E-state index contributed by atoms with van der Waals surface area (Å²) in [7, 11) is 0. The van der Waals surface area contributed by atoms with Crippen molar-refractivity contribution >= 4 is 11.9 Å². The first kappa shape index (κ1) is 17.3. The third kappa shape index (κ3) is 3.30. The van der Waals surface area contributed by atoms with Crippen LogP contribution in [-0.4, -0.2) is 17.0 Å². The Morgan fingerprint density at radius 3 is 1.82 bits per heavy atom. The molecule has 0 unspecified atom stereocenters. The average Bonchev–Trinajstić information content (AvgIpc) is 2.46. The molecule has 1 N–H and O–H groups in total. The first-order chi connectivity index (χ1) is 10.1. The van der Waals surface area contributed by atoms with E-state index in [1.165, 1.54) is 0 Å². The van der Waals surface area contributed by atoms with Gasteiger partial charge in [0.15, 0.2) is 0 Å². The normalized spacial score (nSPS) is 11.3. The lowest BCUT2D eigenvalue weighted by molar-refractivity contribution is -0.132. The quantitative estimate of drug-likeness (QED) is 0.176. The lowest BCUT2D eigenvalue weighted by Gasteiger charge is -2.08. The van der Waals surface area contributed by atoms with Crippen molar-refractivity contribution in [3.63, 3.8) is 0 Å². The van der Waals surface area contributed by atoms with E-state index in [9.17, 15) is 31.5 Å². The van der Waals surface area contributed by atoms with Crippen LogP contribution in [0.15, 0.2) is 23.8 Å². The number of ether oxygens (including phenoxy) is 1. The Morgan fingerprint density at radius 2 is 1.41 bits per heavy atom. The second-order valence-corrected chi connectivity index (χ2v) is 3.95. The second kappa shape index (κ2) is 6.37. The minimum atomic E-state index is -2.41. The molecule has 0 aliphatic heterocycles. The van der Waals surface area contributed by atoms with Crippen LogP contribution in [0, 0.1) is 29.1 Å². The van der Waals surface area contributed by atoms with Crippen LogP contribution in [0.2, 0.25) is 0 Å². The molecular formula is C13H7F5O4. The average molecular weight is 322 g/mol. The molecule has 0 amide bonds. The van der Waals surface area contributed by atoms with E-state index in [1.807, 2.05) is 0 Å². The van der Waals surface area contributed by atoms with E-state index in [4.69, 9.17) is 5.11 Å². The largest absolute Gasteiger partial charge is 0.478 e. The van der Waals surface area contributed by atoms with Crippen LogP contribution in [0.25, 0.3) is 0 Å². The fourth-order valence-corrected chi connectivity index (χ4v) is 1.21. The van der Waals surface area contributed by atoms with Gasteiger partial charge in [-0.15, -0.1) is 0 Å². The van der Waals surface area contributed by atoms with Gasteiger partial charge in [0.25, 0.3) is 0 Å². The number of carboxylic acids is 1. The molecule has 9 heteroatoms. The molecule has 0 saturated carbocycles. The molecule has 0 fully saturated rings. The van der Waals surface area contributed by atoms with Gasteiger partial charge in [-0.1, -0.05) is 6.58 Å². The SMILES string of the molecule is C=C(C=C(C)C(=O)O)C(=O)Oc1c(F)c(F)c(F)c(F)c1F. The maximum absolute atomic E-state index is 13.3. The van der Waals surface area contributed by atoms with Gasteiger partial charge in [-0.2, -0.15) is 8.78 Å². The molecule has 0 aliphatic carbocycles. The van der Waals surface area contributed by atoms with Gasteiger partial charge in [0, 0.05) is 5.57 Å². The van der Waals surface area contributed by atoms with Crippen molar-refractivity contribution in [3.05, 3.63) is 52.9 Å². The molecule has 1 aromatic rings. The monoisotopic (exact) mass is 322 g/mol. The second-order valence-electron chi connectivity index (χ2n) is 3.95. The van der Waals surface area contributed by atoms with E-state index in [2.05, 4.69) is 11.3 Å². The van der Waals surface area contributed by atoms with E-state index in [-0.39, 0.29) is 5.57 Å². The van der Waals surface area contributed by atoms with Gasteiger partial charge in [-0.05, 0) is 13.0 Å². The number of esters is 1. The fourth-order valence-electron chi connectivity index (χ4n) is 1.21. The summed E-state index contributed by atoms with van der Waals surface area (Å²) in [6.45, 7) is 4.16. The van der Waals surface area contributed by atoms with Crippen molar-refractivity contribution in [1.29, 1.82) is 0 Å². The molecule has 0 bridgehead atoms. The van der Waals surface area contributed by atoms with Gasteiger partial charge in [0.05, 0.1) is 5.57 Å². The number of hydrogen-bond donors (Lipinski definition) is 1. The van der Waals surface area contributed by atoms with Crippen LogP contribution < -0.4 is 4.74 Å². The summed E-state index contributed by atoms with van der Waals surface area (Å²) in [6.07, 6.45) is 0.705. The summed E-state index contributed by atoms with van der Waals surface area (Å²) in [5.74, 6) is -16.4. The number of carbonyl (C=O) groups is 2. The third-order valence-corrected chi connectivity index (χ3v) is 2.35. The molecular weight excluding hydrogens is 315 g/mol. The summed E-state index contributed by atoms with van der Waals surface area (Å²) in [5, 5.41) is 8.57. The smallest absolute Gasteiger partial charge is 0.343 e. The molecule has 1 rings (SSSR count). The van der Waals surface area contributed by atoms with E-state index in [0.29, 0.717) is 6.08 Å². The number of carboxylic acid groups (broad SMARTS) is 1. The number of aliphatic carboxylic acids is 1. The first-order valence-electron chi connectivity index (χ1n) is 5.42. The lowest BCUT2D eigenvalue weighted by atomic mass is 10.2. The first-order valence-corrected chi connectivity index (χ1v) is 5.42. The molecule has 0 heterocycles. The standard InChI is InChI=1S/C13H7F5O4/c1-4(12(19)20)3-5(2)13(21)22-11-9(17)7(15)6(14)8(16)10(11)18/h3H,2H2,1H3,(H,19,20). The molecule has 0 radical (unpaired) electrons. The minimum Gasteiger partial charge on any atom is -0.478 e. The van der Waals surface area contributed by atoms with Crippen LogP contribution in [0.1, 0.15) is 6.92 Å². The van der Waals surface area contributed by atoms with Crippen molar-refractivity contribution in [1.82, 2.24) is 0 Å². The van der Waals surface area contributed by atoms with E-state index >= 15 is 0 Å². The summed E-state index contributed by atoms with van der Waals surface area (Å²) < 4.78 is 69.2. The highest BCUT2D eigenvalue weighted by molar-refractivity contribution is 5.96. The predicted octanol–water partition coefficient (Wildman–Crippen LogP) is 2.87. The van der Waals surface area contributed by atoms with Crippen molar-refractivity contribution in [2.24, 2.45) is 0 Å². The Hall–Kier alpha value is -2.71. The minimum absolute atomic E-state index is 0.362. The number of hydrogen-bond acceptors (Lipinski definition) is 3. The lowest BCUT2D eigenvalue weighted by Crippen LogP contribution is -2.14. The zero-order valence-corrected chi connectivity index (χ0v) is 10.8. The van der Waals surface area contributed by atoms with Crippen LogP contribution in [0.5, 0.6) is 5.75 Å². The van der Waals surface area contributed by atoms with Gasteiger partial charge in [-0.3, -0.25) is 0 Å². The molecule has 4 nitrogen and oxygen atoms in total. The Kier molecular flexibility index (Phi) is 5.02.